The van der Waals surface area contributed by atoms with Gasteiger partial charge >= 0.3 is 5.97 Å². The van der Waals surface area contributed by atoms with Crippen LogP contribution in [0.4, 0.5) is 0 Å². The lowest BCUT2D eigenvalue weighted by Crippen LogP contribution is -2.36. The molecule has 0 saturated carbocycles. The van der Waals surface area contributed by atoms with Crippen LogP contribution in [0.2, 0.25) is 0 Å². The molecular weight excluding hydrogens is 142 g/mol. The molecule has 0 bridgehead atoms. The second-order valence-corrected chi connectivity index (χ2v) is 3.35. The Morgan fingerprint density at radius 3 is 2.36 bits per heavy atom. The minimum atomic E-state index is -0.469. The van der Waals surface area contributed by atoms with Crippen LogP contribution >= 0.6 is 0 Å². The summed E-state index contributed by atoms with van der Waals surface area (Å²) in [5.74, 6) is -0.0506. The van der Waals surface area contributed by atoms with E-state index >= 15 is 0 Å². The fourth-order valence-electron chi connectivity index (χ4n) is 0.759. The smallest absolute Gasteiger partial charge is 0.311 e. The first-order chi connectivity index (χ1) is 4.96. The zero-order chi connectivity index (χ0) is 9.07. The lowest BCUT2D eigenvalue weighted by atomic mass is 9.80. The first-order valence-electron chi connectivity index (χ1n) is 3.75. The standard InChI is InChI=1S/C8H17NO2/c1-6(5-9)8(2,3)7(10)11-4/h6H,5,9H2,1-4H3. The van der Waals surface area contributed by atoms with Crippen LogP contribution in [-0.4, -0.2) is 19.6 Å². The highest BCUT2D eigenvalue weighted by molar-refractivity contribution is 5.76. The molecule has 0 spiro atoms. The van der Waals surface area contributed by atoms with Crippen LogP contribution in [0, 0.1) is 11.3 Å². The predicted octanol–water partition coefficient (Wildman–Crippen LogP) is 0.780. The summed E-state index contributed by atoms with van der Waals surface area (Å²) in [6.07, 6.45) is 0. The number of carbonyl (C=O) groups is 1. The van der Waals surface area contributed by atoms with Crippen molar-refractivity contribution in [3.8, 4) is 0 Å². The van der Waals surface area contributed by atoms with Crippen LogP contribution in [0.25, 0.3) is 0 Å². The van der Waals surface area contributed by atoms with Gasteiger partial charge in [-0.25, -0.2) is 0 Å². The first-order valence-corrected chi connectivity index (χ1v) is 3.75. The van der Waals surface area contributed by atoms with Crippen molar-refractivity contribution in [1.82, 2.24) is 0 Å². The maximum absolute atomic E-state index is 11.2. The van der Waals surface area contributed by atoms with E-state index in [1.807, 2.05) is 20.8 Å². The van der Waals surface area contributed by atoms with Crippen LogP contribution in [0.5, 0.6) is 0 Å². The van der Waals surface area contributed by atoms with Gasteiger partial charge in [-0.15, -0.1) is 0 Å². The Hall–Kier alpha value is -0.570. The fourth-order valence-corrected chi connectivity index (χ4v) is 0.759. The molecule has 1 unspecified atom stereocenters. The maximum Gasteiger partial charge on any atom is 0.311 e. The highest BCUT2D eigenvalue weighted by Gasteiger charge is 2.33. The summed E-state index contributed by atoms with van der Waals surface area (Å²) >= 11 is 0. The number of nitrogens with two attached hydrogens (primary N) is 1. The van der Waals surface area contributed by atoms with Crippen molar-refractivity contribution in [1.29, 1.82) is 0 Å². The predicted molar refractivity (Wildman–Crippen MR) is 44.0 cm³/mol. The summed E-state index contributed by atoms with van der Waals surface area (Å²) in [5.41, 5.74) is 4.97. The van der Waals surface area contributed by atoms with Crippen molar-refractivity contribution in [3.63, 3.8) is 0 Å². The Kier molecular flexibility index (Phi) is 3.52. The Morgan fingerprint density at radius 2 is 2.09 bits per heavy atom. The molecule has 0 saturated heterocycles. The molecule has 66 valence electrons. The highest BCUT2D eigenvalue weighted by atomic mass is 16.5. The van der Waals surface area contributed by atoms with E-state index in [2.05, 4.69) is 4.74 Å². The second kappa shape index (κ2) is 3.72. The molecule has 0 amide bonds. The zero-order valence-corrected chi connectivity index (χ0v) is 7.68. The van der Waals surface area contributed by atoms with E-state index < -0.39 is 5.41 Å². The molecular formula is C8H17NO2. The lowest BCUT2D eigenvalue weighted by Gasteiger charge is -2.27. The molecule has 11 heavy (non-hydrogen) atoms. The molecule has 0 aliphatic heterocycles. The second-order valence-electron chi connectivity index (χ2n) is 3.35. The molecule has 1 atom stereocenters. The Labute approximate surface area is 67.9 Å². The molecule has 0 aromatic carbocycles. The Bertz CT molecular complexity index is 143. The molecule has 3 heteroatoms. The number of hydrogen-bond donors (Lipinski definition) is 1. The first kappa shape index (κ1) is 10.4. The molecule has 2 N–H and O–H groups in total. The number of rotatable bonds is 3. The molecule has 0 fully saturated rings. The van der Waals surface area contributed by atoms with Gasteiger partial charge < -0.3 is 10.5 Å². The summed E-state index contributed by atoms with van der Waals surface area (Å²) in [7, 11) is 1.40. The number of hydrogen-bond acceptors (Lipinski definition) is 3. The van der Waals surface area contributed by atoms with Crippen molar-refractivity contribution < 1.29 is 9.53 Å². The van der Waals surface area contributed by atoms with E-state index in [-0.39, 0.29) is 11.9 Å². The van der Waals surface area contributed by atoms with Crippen molar-refractivity contribution in [3.05, 3.63) is 0 Å². The average Bonchev–Trinajstić information content (AvgIpc) is 2.01. The quantitative estimate of drug-likeness (QED) is 0.619. The van der Waals surface area contributed by atoms with E-state index in [4.69, 9.17) is 5.73 Å². The van der Waals surface area contributed by atoms with Crippen LogP contribution in [0.3, 0.4) is 0 Å². The maximum atomic E-state index is 11.2. The third kappa shape index (κ3) is 2.19. The van der Waals surface area contributed by atoms with E-state index in [0.29, 0.717) is 6.54 Å². The normalized spacial score (nSPS) is 14.3. The van der Waals surface area contributed by atoms with Crippen LogP contribution < -0.4 is 5.73 Å². The minimum absolute atomic E-state index is 0.148. The third-order valence-corrected chi connectivity index (χ3v) is 2.30. The van der Waals surface area contributed by atoms with Gasteiger partial charge in [-0.3, -0.25) is 4.79 Å². The van der Waals surface area contributed by atoms with Gasteiger partial charge in [0.25, 0.3) is 0 Å². The molecule has 0 aromatic heterocycles. The van der Waals surface area contributed by atoms with Gasteiger partial charge in [0.15, 0.2) is 0 Å². The Balaban J connectivity index is 4.31. The van der Waals surface area contributed by atoms with Crippen molar-refractivity contribution >= 4 is 5.97 Å². The molecule has 0 heterocycles. The van der Waals surface area contributed by atoms with E-state index in [0.717, 1.165) is 0 Å². The van der Waals surface area contributed by atoms with Crippen molar-refractivity contribution in [2.75, 3.05) is 13.7 Å². The number of ether oxygens (including phenoxy) is 1. The fraction of sp³-hybridized carbons (Fsp3) is 0.875. The van der Waals surface area contributed by atoms with E-state index in [9.17, 15) is 4.79 Å². The van der Waals surface area contributed by atoms with Gasteiger partial charge in [-0.05, 0) is 26.3 Å². The SMILES string of the molecule is COC(=O)C(C)(C)C(C)CN. The van der Waals surface area contributed by atoms with Gasteiger partial charge in [-0.1, -0.05) is 6.92 Å². The lowest BCUT2D eigenvalue weighted by molar-refractivity contribution is -0.153. The van der Waals surface area contributed by atoms with Crippen molar-refractivity contribution in [2.45, 2.75) is 20.8 Å². The Morgan fingerprint density at radius 1 is 1.64 bits per heavy atom. The number of esters is 1. The highest BCUT2D eigenvalue weighted by Crippen LogP contribution is 2.26. The number of methoxy groups -OCH3 is 1. The van der Waals surface area contributed by atoms with E-state index in [1.54, 1.807) is 0 Å². The van der Waals surface area contributed by atoms with E-state index in [1.165, 1.54) is 7.11 Å². The third-order valence-electron chi connectivity index (χ3n) is 2.30. The van der Waals surface area contributed by atoms with Gasteiger partial charge in [0.1, 0.15) is 0 Å². The summed E-state index contributed by atoms with van der Waals surface area (Å²) in [4.78, 5) is 11.2. The molecule has 0 aliphatic carbocycles. The molecule has 0 aromatic rings. The molecule has 0 rings (SSSR count). The van der Waals surface area contributed by atoms with Crippen LogP contribution in [0.1, 0.15) is 20.8 Å². The van der Waals surface area contributed by atoms with Crippen LogP contribution in [-0.2, 0) is 9.53 Å². The van der Waals surface area contributed by atoms with Gasteiger partial charge in [0, 0.05) is 0 Å². The molecule has 3 nitrogen and oxygen atoms in total. The number of carbonyl (C=O) groups excluding carboxylic acids is 1. The van der Waals surface area contributed by atoms with Gasteiger partial charge in [0.2, 0.25) is 0 Å². The summed E-state index contributed by atoms with van der Waals surface area (Å²) in [6.45, 7) is 6.13. The zero-order valence-electron chi connectivity index (χ0n) is 7.68. The van der Waals surface area contributed by atoms with Gasteiger partial charge in [0.05, 0.1) is 12.5 Å². The summed E-state index contributed by atoms with van der Waals surface area (Å²) in [6, 6.07) is 0. The van der Waals surface area contributed by atoms with Gasteiger partial charge in [-0.2, -0.15) is 0 Å². The molecule has 0 aliphatic rings. The van der Waals surface area contributed by atoms with Crippen molar-refractivity contribution in [2.24, 2.45) is 17.1 Å². The molecule has 0 radical (unpaired) electrons. The average molecular weight is 159 g/mol. The topological polar surface area (TPSA) is 52.3 Å². The summed E-state index contributed by atoms with van der Waals surface area (Å²) in [5, 5.41) is 0. The van der Waals surface area contributed by atoms with Crippen LogP contribution in [0.15, 0.2) is 0 Å². The summed E-state index contributed by atoms with van der Waals surface area (Å²) < 4.78 is 4.64. The minimum Gasteiger partial charge on any atom is -0.469 e. The largest absolute Gasteiger partial charge is 0.469 e. The monoisotopic (exact) mass is 159 g/mol.